The Morgan fingerprint density at radius 1 is 1.64 bits per heavy atom. The van der Waals surface area contributed by atoms with Crippen molar-refractivity contribution in [1.29, 1.82) is 0 Å². The van der Waals surface area contributed by atoms with Crippen LogP contribution in [0.3, 0.4) is 0 Å². The summed E-state index contributed by atoms with van der Waals surface area (Å²) in [6, 6.07) is 1.99. The molecule has 4 heteroatoms. The third kappa shape index (κ3) is 2.96. The predicted molar refractivity (Wildman–Crippen MR) is 63.4 cm³/mol. The summed E-state index contributed by atoms with van der Waals surface area (Å²) in [4.78, 5) is 6.21. The quantitative estimate of drug-likeness (QED) is 0.896. The van der Waals surface area contributed by atoms with Crippen molar-refractivity contribution >= 4 is 21.6 Å². The molecule has 1 atom stereocenters. The second-order valence-corrected chi connectivity index (χ2v) is 4.40. The monoisotopic (exact) mass is 257 g/mol. The number of nitrogens with two attached hydrogens (primary N) is 1. The fraction of sp³-hybridized carbons (Fsp3) is 0.500. The second kappa shape index (κ2) is 5.32. The van der Waals surface area contributed by atoms with Gasteiger partial charge in [-0.2, -0.15) is 0 Å². The Labute approximate surface area is 93.4 Å². The van der Waals surface area contributed by atoms with Gasteiger partial charge in [0.05, 0.1) is 10.2 Å². The van der Waals surface area contributed by atoms with Gasteiger partial charge in [-0.15, -0.1) is 0 Å². The van der Waals surface area contributed by atoms with Crippen LogP contribution in [0.15, 0.2) is 22.9 Å². The maximum atomic E-state index is 5.59. The number of rotatable bonds is 4. The lowest BCUT2D eigenvalue weighted by Gasteiger charge is -2.23. The molecule has 14 heavy (non-hydrogen) atoms. The Morgan fingerprint density at radius 2 is 2.36 bits per heavy atom. The Hall–Kier alpha value is -0.610. The summed E-state index contributed by atoms with van der Waals surface area (Å²) < 4.78 is 1.02. The first-order chi connectivity index (χ1) is 6.65. The number of hydrogen-bond donors (Lipinski definition) is 1. The van der Waals surface area contributed by atoms with E-state index in [1.54, 1.807) is 12.4 Å². The molecule has 0 radical (unpaired) electrons. The highest BCUT2D eigenvalue weighted by Gasteiger charge is 2.08. The van der Waals surface area contributed by atoms with Crippen molar-refractivity contribution in [2.24, 2.45) is 11.7 Å². The molecular weight excluding hydrogens is 242 g/mol. The van der Waals surface area contributed by atoms with Crippen LogP contribution in [0.25, 0.3) is 0 Å². The van der Waals surface area contributed by atoms with E-state index in [0.717, 1.165) is 16.7 Å². The molecule has 1 aromatic heterocycles. The lowest BCUT2D eigenvalue weighted by atomic mass is 10.1. The number of anilines is 1. The molecule has 0 aromatic carbocycles. The van der Waals surface area contributed by atoms with Gasteiger partial charge in [0.25, 0.3) is 0 Å². The average Bonchev–Trinajstić information content (AvgIpc) is 2.18. The van der Waals surface area contributed by atoms with Crippen LogP contribution in [0.1, 0.15) is 6.92 Å². The van der Waals surface area contributed by atoms with Crippen LogP contribution >= 0.6 is 15.9 Å². The molecule has 0 amide bonds. The standard InChI is InChI=1S/C10H16BrN3/c1-8(5-12)7-14(2)10-3-4-13-6-9(10)11/h3-4,6,8H,5,7,12H2,1-2H3. The van der Waals surface area contributed by atoms with Crippen LogP contribution in [-0.2, 0) is 0 Å². The van der Waals surface area contributed by atoms with E-state index < -0.39 is 0 Å². The molecule has 0 saturated heterocycles. The van der Waals surface area contributed by atoms with Crippen LogP contribution in [-0.4, -0.2) is 25.1 Å². The van der Waals surface area contributed by atoms with Crippen molar-refractivity contribution in [2.75, 3.05) is 25.0 Å². The summed E-state index contributed by atoms with van der Waals surface area (Å²) in [5, 5.41) is 0. The summed E-state index contributed by atoms with van der Waals surface area (Å²) in [5.41, 5.74) is 6.74. The predicted octanol–water partition coefficient (Wildman–Crippen LogP) is 1.88. The normalized spacial score (nSPS) is 12.6. The van der Waals surface area contributed by atoms with Crippen LogP contribution in [0.5, 0.6) is 0 Å². The largest absolute Gasteiger partial charge is 0.373 e. The van der Waals surface area contributed by atoms with Gasteiger partial charge in [0.15, 0.2) is 0 Å². The van der Waals surface area contributed by atoms with Crippen molar-refractivity contribution in [3.8, 4) is 0 Å². The molecule has 1 aromatic rings. The molecule has 0 aliphatic rings. The topological polar surface area (TPSA) is 42.1 Å². The van der Waals surface area contributed by atoms with Gasteiger partial charge in [0.2, 0.25) is 0 Å². The molecule has 1 unspecified atom stereocenters. The maximum absolute atomic E-state index is 5.59. The minimum atomic E-state index is 0.500. The van der Waals surface area contributed by atoms with Crippen LogP contribution < -0.4 is 10.6 Å². The molecule has 0 spiro atoms. The van der Waals surface area contributed by atoms with Crippen molar-refractivity contribution in [3.63, 3.8) is 0 Å². The van der Waals surface area contributed by atoms with Gasteiger partial charge in [-0.05, 0) is 34.5 Å². The van der Waals surface area contributed by atoms with Crippen LogP contribution in [0.4, 0.5) is 5.69 Å². The highest BCUT2D eigenvalue weighted by Crippen LogP contribution is 2.23. The van der Waals surface area contributed by atoms with Gasteiger partial charge in [-0.1, -0.05) is 6.92 Å². The average molecular weight is 258 g/mol. The highest BCUT2D eigenvalue weighted by atomic mass is 79.9. The van der Waals surface area contributed by atoms with Gasteiger partial charge < -0.3 is 10.6 Å². The molecule has 0 fully saturated rings. The first-order valence-corrected chi connectivity index (χ1v) is 5.45. The number of pyridine rings is 1. The van der Waals surface area contributed by atoms with Gasteiger partial charge >= 0.3 is 0 Å². The van der Waals surface area contributed by atoms with E-state index in [4.69, 9.17) is 5.73 Å². The van der Waals surface area contributed by atoms with Crippen molar-refractivity contribution in [3.05, 3.63) is 22.9 Å². The van der Waals surface area contributed by atoms with E-state index in [-0.39, 0.29) is 0 Å². The molecule has 3 nitrogen and oxygen atoms in total. The zero-order chi connectivity index (χ0) is 10.6. The van der Waals surface area contributed by atoms with Gasteiger partial charge in [-0.25, -0.2) is 0 Å². The zero-order valence-electron chi connectivity index (χ0n) is 8.57. The van der Waals surface area contributed by atoms with Gasteiger partial charge in [0, 0.05) is 26.0 Å². The van der Waals surface area contributed by atoms with Gasteiger partial charge in [0.1, 0.15) is 0 Å². The van der Waals surface area contributed by atoms with E-state index >= 15 is 0 Å². The first-order valence-electron chi connectivity index (χ1n) is 4.66. The molecule has 78 valence electrons. The van der Waals surface area contributed by atoms with Crippen LogP contribution in [0, 0.1) is 5.92 Å². The molecule has 0 aliphatic heterocycles. The zero-order valence-corrected chi connectivity index (χ0v) is 10.2. The number of halogens is 1. The molecular formula is C10H16BrN3. The SMILES string of the molecule is CC(CN)CN(C)c1ccncc1Br. The molecule has 0 saturated carbocycles. The van der Waals surface area contributed by atoms with E-state index in [2.05, 4.69) is 39.8 Å². The molecule has 1 heterocycles. The Bertz CT molecular complexity index is 290. The molecule has 1 rings (SSSR count). The summed E-state index contributed by atoms with van der Waals surface area (Å²) in [6.45, 7) is 3.82. The van der Waals surface area contributed by atoms with Crippen LogP contribution in [0.2, 0.25) is 0 Å². The minimum absolute atomic E-state index is 0.500. The minimum Gasteiger partial charge on any atom is -0.373 e. The highest BCUT2D eigenvalue weighted by molar-refractivity contribution is 9.10. The molecule has 0 bridgehead atoms. The maximum Gasteiger partial charge on any atom is 0.0592 e. The first kappa shape index (κ1) is 11.5. The van der Waals surface area contributed by atoms with E-state index in [1.165, 1.54) is 0 Å². The third-order valence-electron chi connectivity index (χ3n) is 2.15. The fourth-order valence-corrected chi connectivity index (χ4v) is 1.87. The second-order valence-electron chi connectivity index (χ2n) is 3.55. The number of nitrogens with zero attached hydrogens (tertiary/aromatic N) is 2. The number of hydrogen-bond acceptors (Lipinski definition) is 3. The van der Waals surface area contributed by atoms with E-state index in [9.17, 15) is 0 Å². The fourth-order valence-electron chi connectivity index (χ4n) is 1.32. The van der Waals surface area contributed by atoms with Crippen molar-refractivity contribution < 1.29 is 0 Å². The van der Waals surface area contributed by atoms with Gasteiger partial charge in [-0.3, -0.25) is 4.98 Å². The van der Waals surface area contributed by atoms with E-state index in [0.29, 0.717) is 12.5 Å². The lowest BCUT2D eigenvalue weighted by molar-refractivity contribution is 0.589. The third-order valence-corrected chi connectivity index (χ3v) is 2.76. The van der Waals surface area contributed by atoms with E-state index in [1.807, 2.05) is 6.07 Å². The molecule has 0 aliphatic carbocycles. The summed E-state index contributed by atoms with van der Waals surface area (Å²) in [5.74, 6) is 0.500. The molecule has 2 N–H and O–H groups in total. The Morgan fingerprint density at radius 3 is 2.93 bits per heavy atom. The Balaban J connectivity index is 2.69. The Kier molecular flexibility index (Phi) is 4.35. The van der Waals surface area contributed by atoms with Crippen molar-refractivity contribution in [2.45, 2.75) is 6.92 Å². The summed E-state index contributed by atoms with van der Waals surface area (Å²) in [7, 11) is 2.06. The number of aromatic nitrogens is 1. The smallest absolute Gasteiger partial charge is 0.0592 e. The lowest BCUT2D eigenvalue weighted by Crippen LogP contribution is -2.28. The van der Waals surface area contributed by atoms with Crippen molar-refractivity contribution in [1.82, 2.24) is 4.98 Å². The summed E-state index contributed by atoms with van der Waals surface area (Å²) >= 11 is 3.47. The summed E-state index contributed by atoms with van der Waals surface area (Å²) in [6.07, 6.45) is 3.60.